The van der Waals surface area contributed by atoms with Gasteiger partial charge in [0, 0.05) is 18.1 Å². The molecule has 3 rings (SSSR count). The minimum absolute atomic E-state index is 0.238. The highest BCUT2D eigenvalue weighted by Gasteiger charge is 2.36. The largest absolute Gasteiger partial charge is 0.485 e. The second-order valence-electron chi connectivity index (χ2n) is 5.46. The zero-order chi connectivity index (χ0) is 13.5. The van der Waals surface area contributed by atoms with E-state index in [4.69, 9.17) is 14.2 Å². The molecule has 19 heavy (non-hydrogen) atoms. The van der Waals surface area contributed by atoms with Crippen molar-refractivity contribution in [2.24, 2.45) is 0 Å². The molecule has 2 aliphatic heterocycles. The summed E-state index contributed by atoms with van der Waals surface area (Å²) in [6.45, 7) is 4.56. The quantitative estimate of drug-likeness (QED) is 0.778. The van der Waals surface area contributed by atoms with Crippen LogP contribution in [0.25, 0.3) is 6.08 Å². The first kappa shape index (κ1) is 12.5. The Bertz CT molecular complexity index is 519. The van der Waals surface area contributed by atoms with Crippen LogP contribution in [0.15, 0.2) is 18.2 Å². The minimum Gasteiger partial charge on any atom is -0.485 e. The highest BCUT2D eigenvalue weighted by atomic mass is 16.7. The summed E-state index contributed by atoms with van der Waals surface area (Å²) in [4.78, 5) is 0. The molecular formula is C15H18O4. The van der Waals surface area contributed by atoms with Crippen LogP contribution in [0.1, 0.15) is 25.0 Å². The Morgan fingerprint density at radius 1 is 1.26 bits per heavy atom. The maximum Gasteiger partial charge on any atom is 0.189 e. The molecule has 0 saturated carbocycles. The van der Waals surface area contributed by atoms with E-state index in [0.29, 0.717) is 13.0 Å². The van der Waals surface area contributed by atoms with Crippen molar-refractivity contribution in [1.82, 2.24) is 0 Å². The Kier molecular flexibility index (Phi) is 2.99. The van der Waals surface area contributed by atoms with E-state index in [9.17, 15) is 5.11 Å². The van der Waals surface area contributed by atoms with Crippen LogP contribution in [-0.4, -0.2) is 30.2 Å². The summed E-state index contributed by atoms with van der Waals surface area (Å²) < 4.78 is 16.7. The van der Waals surface area contributed by atoms with Gasteiger partial charge in [0.15, 0.2) is 6.79 Å². The normalized spacial score (nSPS) is 25.9. The van der Waals surface area contributed by atoms with E-state index in [1.807, 2.05) is 38.1 Å². The average Bonchev–Trinajstić information content (AvgIpc) is 2.31. The van der Waals surface area contributed by atoms with Crippen molar-refractivity contribution in [2.45, 2.75) is 32.0 Å². The third-order valence-corrected chi connectivity index (χ3v) is 3.59. The number of hydrogen-bond acceptors (Lipinski definition) is 4. The smallest absolute Gasteiger partial charge is 0.189 e. The van der Waals surface area contributed by atoms with Crippen molar-refractivity contribution in [3.8, 4) is 11.5 Å². The summed E-state index contributed by atoms with van der Waals surface area (Å²) in [5.74, 6) is 1.53. The van der Waals surface area contributed by atoms with Crippen LogP contribution in [0.2, 0.25) is 0 Å². The SMILES string of the molecule is CC1(C)Oc2cc3c(cc2C[C@H]1O)/C=C\COCO3. The molecule has 0 unspecified atom stereocenters. The number of hydrogen-bond donors (Lipinski definition) is 1. The molecule has 0 aliphatic carbocycles. The highest BCUT2D eigenvalue weighted by molar-refractivity contribution is 5.62. The molecule has 0 saturated heterocycles. The summed E-state index contributed by atoms with van der Waals surface area (Å²) in [6.07, 6.45) is 4.03. The van der Waals surface area contributed by atoms with Crippen LogP contribution in [0.4, 0.5) is 0 Å². The lowest BCUT2D eigenvalue weighted by Gasteiger charge is -2.37. The zero-order valence-electron chi connectivity index (χ0n) is 11.2. The predicted molar refractivity (Wildman–Crippen MR) is 71.3 cm³/mol. The molecular weight excluding hydrogens is 244 g/mol. The molecule has 4 heteroatoms. The Balaban J connectivity index is 2.03. The summed E-state index contributed by atoms with van der Waals surface area (Å²) in [5, 5.41) is 10.1. The Morgan fingerprint density at radius 2 is 2.11 bits per heavy atom. The van der Waals surface area contributed by atoms with Crippen molar-refractivity contribution in [3.63, 3.8) is 0 Å². The molecule has 1 aromatic rings. The summed E-state index contributed by atoms with van der Waals surface area (Å²) >= 11 is 0. The molecule has 0 fully saturated rings. The van der Waals surface area contributed by atoms with Crippen LogP contribution in [0.3, 0.4) is 0 Å². The molecule has 0 spiro atoms. The van der Waals surface area contributed by atoms with Crippen LogP contribution in [-0.2, 0) is 11.2 Å². The molecule has 0 bridgehead atoms. The van der Waals surface area contributed by atoms with Gasteiger partial charge >= 0.3 is 0 Å². The monoisotopic (exact) mass is 262 g/mol. The fourth-order valence-electron chi connectivity index (χ4n) is 2.34. The number of ether oxygens (including phenoxy) is 3. The number of rotatable bonds is 0. The number of aliphatic hydroxyl groups excluding tert-OH is 1. The van der Waals surface area contributed by atoms with Crippen LogP contribution in [0, 0.1) is 0 Å². The van der Waals surface area contributed by atoms with E-state index in [0.717, 1.165) is 22.6 Å². The Hall–Kier alpha value is -1.52. The van der Waals surface area contributed by atoms with E-state index in [2.05, 4.69) is 0 Å². The van der Waals surface area contributed by atoms with E-state index >= 15 is 0 Å². The average molecular weight is 262 g/mol. The van der Waals surface area contributed by atoms with Crippen molar-refractivity contribution >= 4 is 6.08 Å². The number of aliphatic hydroxyl groups is 1. The second kappa shape index (κ2) is 4.54. The molecule has 4 nitrogen and oxygen atoms in total. The lowest BCUT2D eigenvalue weighted by molar-refractivity contribution is -0.0415. The van der Waals surface area contributed by atoms with Crippen molar-refractivity contribution in [1.29, 1.82) is 0 Å². The van der Waals surface area contributed by atoms with Gasteiger partial charge in [-0.15, -0.1) is 0 Å². The Morgan fingerprint density at radius 3 is 2.95 bits per heavy atom. The van der Waals surface area contributed by atoms with Crippen molar-refractivity contribution < 1.29 is 19.3 Å². The number of benzene rings is 1. The van der Waals surface area contributed by atoms with E-state index < -0.39 is 11.7 Å². The Labute approximate surface area is 112 Å². The molecule has 1 atom stereocenters. The van der Waals surface area contributed by atoms with Crippen LogP contribution >= 0.6 is 0 Å². The molecule has 1 aromatic carbocycles. The molecule has 0 amide bonds. The third-order valence-electron chi connectivity index (χ3n) is 3.59. The predicted octanol–water partition coefficient (Wildman–Crippen LogP) is 2.14. The first-order chi connectivity index (χ1) is 9.06. The summed E-state index contributed by atoms with van der Waals surface area (Å²) in [6, 6.07) is 3.91. The van der Waals surface area contributed by atoms with Gasteiger partial charge < -0.3 is 19.3 Å². The molecule has 0 radical (unpaired) electrons. The van der Waals surface area contributed by atoms with Gasteiger partial charge in [-0.2, -0.15) is 0 Å². The number of fused-ring (bicyclic) bond motifs is 2. The van der Waals surface area contributed by atoms with Gasteiger partial charge in [-0.05, 0) is 25.5 Å². The van der Waals surface area contributed by atoms with Crippen LogP contribution < -0.4 is 9.47 Å². The highest BCUT2D eigenvalue weighted by Crippen LogP contribution is 2.38. The van der Waals surface area contributed by atoms with E-state index in [1.165, 1.54) is 0 Å². The maximum absolute atomic E-state index is 10.1. The fourth-order valence-corrected chi connectivity index (χ4v) is 2.34. The van der Waals surface area contributed by atoms with Crippen molar-refractivity contribution in [3.05, 3.63) is 29.3 Å². The zero-order valence-corrected chi connectivity index (χ0v) is 11.2. The van der Waals surface area contributed by atoms with Gasteiger partial charge in [0.25, 0.3) is 0 Å². The molecule has 102 valence electrons. The summed E-state index contributed by atoms with van der Waals surface area (Å²) in [5.41, 5.74) is 1.44. The maximum atomic E-state index is 10.1. The second-order valence-corrected chi connectivity index (χ2v) is 5.46. The minimum atomic E-state index is -0.574. The van der Waals surface area contributed by atoms with Gasteiger partial charge in [0.05, 0.1) is 12.7 Å². The third kappa shape index (κ3) is 2.33. The van der Waals surface area contributed by atoms with E-state index in [-0.39, 0.29) is 6.79 Å². The van der Waals surface area contributed by atoms with Crippen LogP contribution in [0.5, 0.6) is 11.5 Å². The molecule has 2 heterocycles. The lowest BCUT2D eigenvalue weighted by atomic mass is 9.90. The van der Waals surface area contributed by atoms with Crippen molar-refractivity contribution in [2.75, 3.05) is 13.4 Å². The van der Waals surface area contributed by atoms with Gasteiger partial charge in [-0.25, -0.2) is 0 Å². The van der Waals surface area contributed by atoms with Gasteiger partial charge in [0.1, 0.15) is 17.1 Å². The first-order valence-electron chi connectivity index (χ1n) is 6.47. The van der Waals surface area contributed by atoms with E-state index in [1.54, 1.807) is 0 Å². The lowest BCUT2D eigenvalue weighted by Crippen LogP contribution is -2.46. The van der Waals surface area contributed by atoms with Gasteiger partial charge in [-0.3, -0.25) is 0 Å². The van der Waals surface area contributed by atoms with Gasteiger partial charge in [0.2, 0.25) is 0 Å². The van der Waals surface area contributed by atoms with Gasteiger partial charge in [-0.1, -0.05) is 12.2 Å². The molecule has 0 aromatic heterocycles. The summed E-state index contributed by atoms with van der Waals surface area (Å²) in [7, 11) is 0. The molecule has 1 N–H and O–H groups in total. The molecule has 2 aliphatic rings. The topological polar surface area (TPSA) is 47.9 Å². The fraction of sp³-hybridized carbons (Fsp3) is 0.467. The first-order valence-corrected chi connectivity index (χ1v) is 6.47. The standard InChI is InChI=1S/C15H18O4/c1-15(2)14(16)7-11-6-10-4-3-5-17-9-18-12(10)8-13(11)19-15/h3-4,6,8,14,16H,5,7,9H2,1-2H3/b4-3-/t14-/m1/s1.